The Morgan fingerprint density at radius 3 is 2.62 bits per heavy atom. The number of rotatable bonds is 5. The normalized spacial score (nSPS) is 27.1. The molecule has 0 aliphatic heterocycles. The van der Waals surface area contributed by atoms with Crippen molar-refractivity contribution in [1.29, 1.82) is 0 Å². The van der Waals surface area contributed by atoms with E-state index < -0.39 is 0 Å². The lowest BCUT2D eigenvalue weighted by atomic mass is 9.72. The zero-order valence-corrected chi connectivity index (χ0v) is 13.5. The van der Waals surface area contributed by atoms with Gasteiger partial charge in [0.05, 0.1) is 6.10 Å². The third-order valence-electron chi connectivity index (χ3n) is 4.79. The van der Waals surface area contributed by atoms with Gasteiger partial charge in [0, 0.05) is 18.0 Å². The summed E-state index contributed by atoms with van der Waals surface area (Å²) >= 11 is 0. The number of hydrogen-bond donors (Lipinski definition) is 2. The van der Waals surface area contributed by atoms with Crippen molar-refractivity contribution in [2.45, 2.75) is 51.7 Å². The molecule has 2 N–H and O–H groups in total. The Hall–Kier alpha value is -1.12. The van der Waals surface area contributed by atoms with E-state index in [0.29, 0.717) is 11.8 Å². The van der Waals surface area contributed by atoms with Crippen LogP contribution in [0.25, 0.3) is 6.08 Å². The van der Waals surface area contributed by atoms with Crippen molar-refractivity contribution < 1.29 is 5.11 Å². The maximum Gasteiger partial charge on any atom is 0.0588 e. The fraction of sp³-hybridized carbons (Fsp3) is 0.579. The molecule has 0 aromatic heterocycles. The fourth-order valence-electron chi connectivity index (χ4n) is 3.40. The minimum Gasteiger partial charge on any atom is -0.393 e. The average Bonchev–Trinajstić information content (AvgIpc) is 2.44. The molecule has 0 saturated heterocycles. The molecule has 0 radical (unpaired) electrons. The van der Waals surface area contributed by atoms with Gasteiger partial charge >= 0.3 is 0 Å². The minimum atomic E-state index is -0.172. The lowest BCUT2D eigenvalue weighted by Crippen LogP contribution is -2.52. The van der Waals surface area contributed by atoms with Crippen LogP contribution in [0, 0.1) is 11.8 Å². The topological polar surface area (TPSA) is 32.3 Å². The minimum absolute atomic E-state index is 0.0272. The molecule has 1 aliphatic rings. The highest BCUT2D eigenvalue weighted by Crippen LogP contribution is 2.35. The fourth-order valence-corrected chi connectivity index (χ4v) is 3.40. The van der Waals surface area contributed by atoms with Crippen molar-refractivity contribution >= 4 is 6.08 Å². The molecular weight excluding hydrogens is 258 g/mol. The molecule has 0 unspecified atom stereocenters. The molecule has 0 spiro atoms. The van der Waals surface area contributed by atoms with Crippen LogP contribution in [0.5, 0.6) is 0 Å². The average molecular weight is 287 g/mol. The third-order valence-corrected chi connectivity index (χ3v) is 4.79. The molecular formula is C19H29NO. The van der Waals surface area contributed by atoms with Crippen LogP contribution in [0.3, 0.4) is 0 Å². The summed E-state index contributed by atoms with van der Waals surface area (Å²) in [5.74, 6) is 1.00. The van der Waals surface area contributed by atoms with Crippen LogP contribution in [-0.4, -0.2) is 23.3 Å². The van der Waals surface area contributed by atoms with Gasteiger partial charge in [0.25, 0.3) is 0 Å². The monoisotopic (exact) mass is 287 g/mol. The van der Waals surface area contributed by atoms with E-state index in [2.05, 4.69) is 62.5 Å². The van der Waals surface area contributed by atoms with E-state index in [1.807, 2.05) is 6.07 Å². The van der Waals surface area contributed by atoms with E-state index >= 15 is 0 Å². The molecule has 2 rings (SSSR count). The summed E-state index contributed by atoms with van der Waals surface area (Å²) in [7, 11) is 0. The molecule has 3 atom stereocenters. The summed E-state index contributed by atoms with van der Waals surface area (Å²) in [6, 6.07) is 10.3. The Balaban J connectivity index is 1.85. The lowest BCUT2D eigenvalue weighted by molar-refractivity contribution is 0.00717. The number of nitrogens with one attached hydrogen (secondary N) is 1. The summed E-state index contributed by atoms with van der Waals surface area (Å²) < 4.78 is 0. The molecule has 2 heteroatoms. The van der Waals surface area contributed by atoms with Crippen LogP contribution in [0.2, 0.25) is 0 Å². The number of aliphatic hydroxyl groups excluding tert-OH is 1. The first-order valence-electron chi connectivity index (χ1n) is 8.14. The van der Waals surface area contributed by atoms with Gasteiger partial charge in [-0.3, -0.25) is 0 Å². The molecule has 1 fully saturated rings. The van der Waals surface area contributed by atoms with Gasteiger partial charge in [-0.2, -0.15) is 0 Å². The predicted octanol–water partition coefficient (Wildman–Crippen LogP) is 3.87. The first-order chi connectivity index (χ1) is 9.99. The third kappa shape index (κ3) is 4.69. The molecule has 0 amide bonds. The summed E-state index contributed by atoms with van der Waals surface area (Å²) in [5, 5.41) is 13.9. The molecule has 1 aromatic carbocycles. The summed E-state index contributed by atoms with van der Waals surface area (Å²) in [5.41, 5.74) is 1.20. The zero-order chi connectivity index (χ0) is 15.3. The second-order valence-electron chi connectivity index (χ2n) is 7.01. The van der Waals surface area contributed by atoms with Gasteiger partial charge in [-0.25, -0.2) is 0 Å². The van der Waals surface area contributed by atoms with Crippen molar-refractivity contribution in [3.63, 3.8) is 0 Å². The van der Waals surface area contributed by atoms with Crippen molar-refractivity contribution in [2.75, 3.05) is 6.54 Å². The van der Waals surface area contributed by atoms with E-state index in [1.165, 1.54) is 12.0 Å². The summed E-state index contributed by atoms with van der Waals surface area (Å²) in [4.78, 5) is 0. The van der Waals surface area contributed by atoms with Crippen LogP contribution < -0.4 is 5.32 Å². The van der Waals surface area contributed by atoms with Gasteiger partial charge in [0.15, 0.2) is 0 Å². The second kappa shape index (κ2) is 7.24. The van der Waals surface area contributed by atoms with Crippen molar-refractivity contribution in [3.05, 3.63) is 42.0 Å². The van der Waals surface area contributed by atoms with Crippen molar-refractivity contribution in [1.82, 2.24) is 5.32 Å². The van der Waals surface area contributed by atoms with Gasteiger partial charge in [-0.05, 0) is 38.2 Å². The Morgan fingerprint density at radius 2 is 1.95 bits per heavy atom. The van der Waals surface area contributed by atoms with E-state index in [-0.39, 0.29) is 11.6 Å². The molecule has 0 bridgehead atoms. The first kappa shape index (κ1) is 16.3. The highest BCUT2D eigenvalue weighted by atomic mass is 16.3. The zero-order valence-electron chi connectivity index (χ0n) is 13.5. The predicted molar refractivity (Wildman–Crippen MR) is 90.1 cm³/mol. The summed E-state index contributed by atoms with van der Waals surface area (Å²) in [6.07, 6.45) is 7.42. The Labute approximate surface area is 129 Å². The van der Waals surface area contributed by atoms with Crippen LogP contribution >= 0.6 is 0 Å². The van der Waals surface area contributed by atoms with Crippen LogP contribution in [0.15, 0.2) is 36.4 Å². The summed E-state index contributed by atoms with van der Waals surface area (Å²) in [6.45, 7) is 7.50. The molecule has 0 heterocycles. The Kier molecular flexibility index (Phi) is 5.60. The van der Waals surface area contributed by atoms with E-state index in [1.54, 1.807) is 0 Å². The van der Waals surface area contributed by atoms with Crippen molar-refractivity contribution in [3.8, 4) is 0 Å². The van der Waals surface area contributed by atoms with E-state index in [4.69, 9.17) is 0 Å². The molecule has 2 nitrogen and oxygen atoms in total. The van der Waals surface area contributed by atoms with E-state index in [9.17, 15) is 5.11 Å². The first-order valence-corrected chi connectivity index (χ1v) is 8.14. The number of aliphatic hydroxyl groups is 1. The molecule has 1 aromatic rings. The quantitative estimate of drug-likeness (QED) is 0.862. The molecule has 21 heavy (non-hydrogen) atoms. The van der Waals surface area contributed by atoms with E-state index in [0.717, 1.165) is 19.4 Å². The Morgan fingerprint density at radius 1 is 1.24 bits per heavy atom. The standard InChI is InChI=1S/C19H29NO/c1-15-11-12-17(18(21)14-15)19(2,3)20-13-7-10-16-8-5-4-6-9-16/h4-10,15,17-18,20-21H,11-14H2,1-3H3/b10-7+/t15-,17-,18-/m1/s1. The maximum atomic E-state index is 10.4. The highest BCUT2D eigenvalue weighted by molar-refractivity contribution is 5.48. The van der Waals surface area contributed by atoms with Gasteiger partial charge in [-0.1, -0.05) is 55.8 Å². The maximum absolute atomic E-state index is 10.4. The Bertz CT molecular complexity index is 452. The largest absolute Gasteiger partial charge is 0.393 e. The lowest BCUT2D eigenvalue weighted by Gasteiger charge is -2.42. The number of hydrogen-bond acceptors (Lipinski definition) is 2. The molecule has 116 valence electrons. The van der Waals surface area contributed by atoms with Crippen LogP contribution in [0.4, 0.5) is 0 Å². The highest BCUT2D eigenvalue weighted by Gasteiger charge is 2.37. The molecule has 1 aliphatic carbocycles. The van der Waals surface area contributed by atoms with Gasteiger partial charge in [0.1, 0.15) is 0 Å². The van der Waals surface area contributed by atoms with Gasteiger partial charge in [-0.15, -0.1) is 0 Å². The number of benzene rings is 1. The van der Waals surface area contributed by atoms with Gasteiger partial charge in [0.2, 0.25) is 0 Å². The van der Waals surface area contributed by atoms with Gasteiger partial charge < -0.3 is 10.4 Å². The van der Waals surface area contributed by atoms with Crippen molar-refractivity contribution in [2.24, 2.45) is 11.8 Å². The second-order valence-corrected chi connectivity index (χ2v) is 7.01. The molecule has 1 saturated carbocycles. The van der Waals surface area contributed by atoms with Crippen LogP contribution in [-0.2, 0) is 0 Å². The van der Waals surface area contributed by atoms with Crippen LogP contribution in [0.1, 0.15) is 45.6 Å². The smallest absolute Gasteiger partial charge is 0.0588 e. The SMILES string of the molecule is C[C@@H]1CC[C@@H](C(C)(C)NC/C=C/c2ccccc2)[C@H](O)C1.